The molecule has 1 atom stereocenters. The molecule has 156 valence electrons. The highest BCUT2D eigenvalue weighted by atomic mass is 35.5. The van der Waals surface area contributed by atoms with E-state index in [1.807, 2.05) is 31.2 Å². The monoisotopic (exact) mass is 429 g/mol. The molecule has 28 heavy (non-hydrogen) atoms. The molecular weight excluding hydrogens is 402 g/mol. The summed E-state index contributed by atoms with van der Waals surface area (Å²) in [5.41, 5.74) is 1.72. The van der Waals surface area contributed by atoms with Gasteiger partial charge in [-0.05, 0) is 57.0 Å². The van der Waals surface area contributed by atoms with Crippen molar-refractivity contribution in [2.75, 3.05) is 30.8 Å². The van der Waals surface area contributed by atoms with Gasteiger partial charge in [0.2, 0.25) is 11.8 Å². The third-order valence-electron chi connectivity index (χ3n) is 5.66. The van der Waals surface area contributed by atoms with Crippen LogP contribution in [0.25, 0.3) is 0 Å². The van der Waals surface area contributed by atoms with E-state index in [0.29, 0.717) is 19.5 Å². The molecule has 0 bridgehead atoms. The minimum atomic E-state index is -3.53. The number of benzene rings is 1. The van der Waals surface area contributed by atoms with Crippen LogP contribution in [-0.2, 0) is 19.4 Å². The Morgan fingerprint density at radius 1 is 1.21 bits per heavy atom. The van der Waals surface area contributed by atoms with Gasteiger partial charge in [-0.15, -0.1) is 12.4 Å². The Labute approximate surface area is 172 Å². The Morgan fingerprint density at radius 3 is 2.32 bits per heavy atom. The van der Waals surface area contributed by atoms with Crippen molar-refractivity contribution >= 4 is 39.7 Å². The number of piperidine rings is 1. The van der Waals surface area contributed by atoms with Crippen LogP contribution in [0.4, 0.5) is 5.69 Å². The molecule has 2 amide bonds. The first kappa shape index (κ1) is 22.6. The molecule has 2 aliphatic rings. The average molecular weight is 430 g/mol. The molecule has 2 aliphatic heterocycles. The van der Waals surface area contributed by atoms with E-state index in [2.05, 4.69) is 10.6 Å². The number of amides is 2. The molecule has 2 fully saturated rings. The Morgan fingerprint density at radius 2 is 1.82 bits per heavy atom. The van der Waals surface area contributed by atoms with E-state index in [9.17, 15) is 18.0 Å². The number of hydrogen-bond acceptors (Lipinski definition) is 5. The zero-order valence-corrected chi connectivity index (χ0v) is 17.9. The fourth-order valence-corrected chi connectivity index (χ4v) is 5.21. The number of hydrogen-bond donors (Lipinski definition) is 2. The topological polar surface area (TPSA) is 95.6 Å². The van der Waals surface area contributed by atoms with Gasteiger partial charge in [-0.2, -0.15) is 0 Å². The third-order valence-corrected chi connectivity index (χ3v) is 7.67. The van der Waals surface area contributed by atoms with Crippen LogP contribution in [-0.4, -0.2) is 50.9 Å². The van der Waals surface area contributed by atoms with Crippen molar-refractivity contribution in [3.05, 3.63) is 29.8 Å². The highest BCUT2D eigenvalue weighted by Gasteiger charge is 2.48. The van der Waals surface area contributed by atoms with Crippen LogP contribution < -0.4 is 15.5 Å². The lowest BCUT2D eigenvalue weighted by atomic mass is 9.95. The number of carbonyl (C=O) groups excluding carboxylic acids is 2. The molecule has 1 aromatic rings. The SMILES string of the molecule is CC(NC(=O)C1(S(C)(=O)=O)CCNCC1)c1ccc(N2CCCC2=O)cc1.Cl. The van der Waals surface area contributed by atoms with Crippen LogP contribution in [0.5, 0.6) is 0 Å². The van der Waals surface area contributed by atoms with E-state index in [-0.39, 0.29) is 37.2 Å². The summed E-state index contributed by atoms with van der Waals surface area (Å²) in [5, 5.41) is 6.00. The molecule has 0 aliphatic carbocycles. The first-order valence-electron chi connectivity index (χ1n) is 9.36. The summed E-state index contributed by atoms with van der Waals surface area (Å²) in [6.45, 7) is 3.58. The first-order chi connectivity index (χ1) is 12.7. The minimum absolute atomic E-state index is 0. The molecule has 2 saturated heterocycles. The maximum absolute atomic E-state index is 12.9. The van der Waals surface area contributed by atoms with E-state index >= 15 is 0 Å². The summed E-state index contributed by atoms with van der Waals surface area (Å²) >= 11 is 0. The second kappa shape index (κ2) is 8.80. The van der Waals surface area contributed by atoms with Crippen molar-refractivity contribution in [2.45, 2.75) is 43.4 Å². The summed E-state index contributed by atoms with van der Waals surface area (Å²) in [6.07, 6.45) is 3.15. The molecule has 2 heterocycles. The molecule has 0 aromatic heterocycles. The van der Waals surface area contributed by atoms with Gasteiger partial charge in [0.1, 0.15) is 0 Å². The normalized spacial score (nSPS) is 20.4. The number of carbonyl (C=O) groups is 2. The quantitative estimate of drug-likeness (QED) is 0.740. The molecule has 0 saturated carbocycles. The van der Waals surface area contributed by atoms with E-state index in [4.69, 9.17) is 0 Å². The van der Waals surface area contributed by atoms with Crippen molar-refractivity contribution in [3.63, 3.8) is 0 Å². The molecule has 2 N–H and O–H groups in total. The lowest BCUT2D eigenvalue weighted by Gasteiger charge is -2.35. The van der Waals surface area contributed by atoms with Gasteiger partial charge in [0, 0.05) is 24.9 Å². The van der Waals surface area contributed by atoms with E-state index in [1.165, 1.54) is 0 Å². The van der Waals surface area contributed by atoms with Crippen molar-refractivity contribution in [1.29, 1.82) is 0 Å². The lowest BCUT2D eigenvalue weighted by Crippen LogP contribution is -2.57. The van der Waals surface area contributed by atoms with Gasteiger partial charge in [0.25, 0.3) is 0 Å². The van der Waals surface area contributed by atoms with Gasteiger partial charge >= 0.3 is 0 Å². The van der Waals surface area contributed by atoms with Crippen molar-refractivity contribution in [1.82, 2.24) is 10.6 Å². The average Bonchev–Trinajstić information content (AvgIpc) is 3.07. The van der Waals surface area contributed by atoms with Gasteiger partial charge in [0.05, 0.1) is 6.04 Å². The number of sulfone groups is 1. The number of anilines is 1. The van der Waals surface area contributed by atoms with Crippen molar-refractivity contribution in [3.8, 4) is 0 Å². The van der Waals surface area contributed by atoms with Crippen LogP contribution in [0.3, 0.4) is 0 Å². The summed E-state index contributed by atoms with van der Waals surface area (Å²) in [4.78, 5) is 26.5. The van der Waals surface area contributed by atoms with Crippen LogP contribution in [0.15, 0.2) is 24.3 Å². The molecular formula is C19H28ClN3O4S. The van der Waals surface area contributed by atoms with Gasteiger partial charge in [0.15, 0.2) is 14.6 Å². The van der Waals surface area contributed by atoms with Gasteiger partial charge in [-0.25, -0.2) is 8.42 Å². The summed E-state index contributed by atoms with van der Waals surface area (Å²) in [7, 11) is -3.53. The van der Waals surface area contributed by atoms with Crippen LogP contribution >= 0.6 is 12.4 Å². The van der Waals surface area contributed by atoms with Crippen molar-refractivity contribution in [2.24, 2.45) is 0 Å². The minimum Gasteiger partial charge on any atom is -0.348 e. The Bertz CT molecular complexity index is 820. The predicted molar refractivity (Wildman–Crippen MR) is 112 cm³/mol. The fourth-order valence-electron chi connectivity index (χ4n) is 3.87. The maximum Gasteiger partial charge on any atom is 0.242 e. The molecule has 9 heteroatoms. The van der Waals surface area contributed by atoms with Gasteiger partial charge < -0.3 is 15.5 Å². The molecule has 7 nitrogen and oxygen atoms in total. The molecule has 0 spiro atoms. The summed E-state index contributed by atoms with van der Waals surface area (Å²) in [6, 6.07) is 7.17. The van der Waals surface area contributed by atoms with E-state index in [1.54, 1.807) is 4.90 Å². The third kappa shape index (κ3) is 4.34. The molecule has 0 radical (unpaired) electrons. The lowest BCUT2D eigenvalue weighted by molar-refractivity contribution is -0.125. The highest BCUT2D eigenvalue weighted by Crippen LogP contribution is 2.29. The van der Waals surface area contributed by atoms with E-state index in [0.717, 1.165) is 30.5 Å². The fraction of sp³-hybridized carbons (Fsp3) is 0.579. The molecule has 3 rings (SSSR count). The van der Waals surface area contributed by atoms with Gasteiger partial charge in [-0.1, -0.05) is 12.1 Å². The number of nitrogens with one attached hydrogen (secondary N) is 2. The standard InChI is InChI=1S/C19H27N3O4S.ClH/c1-14(15-5-7-16(8-6-15)22-13-3-4-17(22)23)21-18(24)19(27(2,25)26)9-11-20-12-10-19;/h5-8,14,20H,3-4,9-13H2,1-2H3,(H,21,24);1H. The summed E-state index contributed by atoms with van der Waals surface area (Å²) in [5.74, 6) is -0.303. The Hall–Kier alpha value is -1.64. The number of nitrogens with zero attached hydrogens (tertiary/aromatic N) is 1. The first-order valence-corrected chi connectivity index (χ1v) is 11.3. The predicted octanol–water partition coefficient (Wildman–Crippen LogP) is 1.58. The Balaban J connectivity index is 0.00000280. The zero-order chi connectivity index (χ0) is 19.7. The van der Waals surface area contributed by atoms with Gasteiger partial charge in [-0.3, -0.25) is 9.59 Å². The second-order valence-corrected chi connectivity index (χ2v) is 9.78. The van der Waals surface area contributed by atoms with Crippen LogP contribution in [0.1, 0.15) is 44.2 Å². The smallest absolute Gasteiger partial charge is 0.242 e. The number of rotatable bonds is 5. The largest absolute Gasteiger partial charge is 0.348 e. The number of halogens is 1. The zero-order valence-electron chi connectivity index (χ0n) is 16.2. The maximum atomic E-state index is 12.9. The Kier molecular flexibility index (Phi) is 7.12. The van der Waals surface area contributed by atoms with E-state index < -0.39 is 20.5 Å². The van der Waals surface area contributed by atoms with Crippen LogP contribution in [0.2, 0.25) is 0 Å². The van der Waals surface area contributed by atoms with Crippen LogP contribution in [0, 0.1) is 0 Å². The second-order valence-electron chi connectivity index (χ2n) is 7.45. The molecule has 1 unspecified atom stereocenters. The van der Waals surface area contributed by atoms with Crippen molar-refractivity contribution < 1.29 is 18.0 Å². The molecule has 1 aromatic carbocycles. The summed E-state index contributed by atoms with van der Waals surface area (Å²) < 4.78 is 23.4. The highest BCUT2D eigenvalue weighted by molar-refractivity contribution is 7.92.